The fraction of sp³-hybridized carbons (Fsp3) is 0.889. The number of carbonyl (C=O) groups is 1. The zero-order valence-corrected chi connectivity index (χ0v) is 8.22. The molecule has 13 heavy (non-hydrogen) atoms. The Bertz CT molecular complexity index is 186. The lowest BCUT2D eigenvalue weighted by Gasteiger charge is -2.19. The standard InChI is InChI=1S/C9H17FN2O/c1-3-12(2)9(13)11-8-5-4-7(10)6-8/h7-8H,3-6H2,1-2H3,(H,11,13). The van der Waals surface area contributed by atoms with Gasteiger partial charge in [-0.2, -0.15) is 0 Å². The van der Waals surface area contributed by atoms with E-state index in [0.29, 0.717) is 19.4 Å². The number of urea groups is 1. The van der Waals surface area contributed by atoms with Gasteiger partial charge >= 0.3 is 6.03 Å². The molecule has 76 valence electrons. The maximum Gasteiger partial charge on any atom is 0.317 e. The molecule has 3 nitrogen and oxygen atoms in total. The number of rotatable bonds is 2. The third-order valence-electron chi connectivity index (χ3n) is 2.52. The fourth-order valence-corrected chi connectivity index (χ4v) is 1.49. The highest BCUT2D eigenvalue weighted by Crippen LogP contribution is 2.21. The molecule has 0 aromatic carbocycles. The van der Waals surface area contributed by atoms with Gasteiger partial charge in [0.25, 0.3) is 0 Å². The van der Waals surface area contributed by atoms with Crippen LogP contribution in [0.15, 0.2) is 0 Å². The van der Waals surface area contributed by atoms with E-state index in [4.69, 9.17) is 0 Å². The fourth-order valence-electron chi connectivity index (χ4n) is 1.49. The van der Waals surface area contributed by atoms with Crippen molar-refractivity contribution in [3.05, 3.63) is 0 Å². The van der Waals surface area contributed by atoms with Crippen LogP contribution in [0, 0.1) is 0 Å². The third-order valence-corrected chi connectivity index (χ3v) is 2.52. The number of nitrogens with one attached hydrogen (secondary N) is 1. The van der Waals surface area contributed by atoms with E-state index in [1.54, 1.807) is 11.9 Å². The topological polar surface area (TPSA) is 32.3 Å². The maximum atomic E-state index is 12.7. The van der Waals surface area contributed by atoms with Crippen LogP contribution in [-0.4, -0.2) is 36.7 Å². The molecule has 2 unspecified atom stereocenters. The van der Waals surface area contributed by atoms with E-state index in [1.807, 2.05) is 6.92 Å². The molecule has 1 fully saturated rings. The highest BCUT2D eigenvalue weighted by atomic mass is 19.1. The molecule has 0 spiro atoms. The van der Waals surface area contributed by atoms with Crippen molar-refractivity contribution >= 4 is 6.03 Å². The van der Waals surface area contributed by atoms with E-state index in [0.717, 1.165) is 6.42 Å². The van der Waals surface area contributed by atoms with Crippen molar-refractivity contribution in [2.75, 3.05) is 13.6 Å². The molecular formula is C9H17FN2O. The van der Waals surface area contributed by atoms with Gasteiger partial charge in [0.05, 0.1) is 0 Å². The van der Waals surface area contributed by atoms with Crippen LogP contribution in [0.4, 0.5) is 9.18 Å². The van der Waals surface area contributed by atoms with Crippen molar-refractivity contribution in [1.82, 2.24) is 10.2 Å². The third kappa shape index (κ3) is 2.86. The number of carbonyl (C=O) groups excluding carboxylic acids is 1. The predicted molar refractivity (Wildman–Crippen MR) is 49.4 cm³/mol. The van der Waals surface area contributed by atoms with Crippen LogP contribution in [0.5, 0.6) is 0 Å². The number of alkyl halides is 1. The summed E-state index contributed by atoms with van der Waals surface area (Å²) in [5.41, 5.74) is 0. The van der Waals surface area contributed by atoms with Gasteiger partial charge in [-0.05, 0) is 26.2 Å². The molecule has 0 aliphatic heterocycles. The first kappa shape index (κ1) is 10.3. The van der Waals surface area contributed by atoms with E-state index >= 15 is 0 Å². The Balaban J connectivity index is 2.28. The molecule has 0 bridgehead atoms. The van der Waals surface area contributed by atoms with E-state index in [1.165, 1.54) is 0 Å². The Morgan fingerprint density at radius 1 is 1.62 bits per heavy atom. The molecular weight excluding hydrogens is 171 g/mol. The van der Waals surface area contributed by atoms with Gasteiger partial charge in [-0.1, -0.05) is 0 Å². The molecule has 0 heterocycles. The molecule has 1 rings (SSSR count). The Morgan fingerprint density at radius 3 is 2.77 bits per heavy atom. The van der Waals surface area contributed by atoms with Crippen molar-refractivity contribution < 1.29 is 9.18 Å². The molecule has 0 saturated heterocycles. The van der Waals surface area contributed by atoms with Gasteiger partial charge in [0, 0.05) is 19.6 Å². The minimum Gasteiger partial charge on any atom is -0.335 e. The normalized spacial score (nSPS) is 27.3. The summed E-state index contributed by atoms with van der Waals surface area (Å²) in [6.07, 6.45) is 1.10. The van der Waals surface area contributed by atoms with E-state index in [2.05, 4.69) is 5.32 Å². The minimum absolute atomic E-state index is 0.0384. The number of hydrogen-bond donors (Lipinski definition) is 1. The highest BCUT2D eigenvalue weighted by molar-refractivity contribution is 5.74. The Kier molecular flexibility index (Phi) is 3.51. The van der Waals surface area contributed by atoms with Gasteiger partial charge < -0.3 is 10.2 Å². The molecule has 2 amide bonds. The van der Waals surface area contributed by atoms with Crippen LogP contribution in [-0.2, 0) is 0 Å². The first-order valence-corrected chi connectivity index (χ1v) is 4.79. The monoisotopic (exact) mass is 188 g/mol. The minimum atomic E-state index is -0.725. The van der Waals surface area contributed by atoms with E-state index in [9.17, 15) is 9.18 Å². The van der Waals surface area contributed by atoms with Crippen molar-refractivity contribution in [2.24, 2.45) is 0 Å². The van der Waals surface area contributed by atoms with Gasteiger partial charge in [-0.25, -0.2) is 9.18 Å². The van der Waals surface area contributed by atoms with Crippen molar-refractivity contribution in [1.29, 1.82) is 0 Å². The van der Waals surface area contributed by atoms with Crippen molar-refractivity contribution in [2.45, 2.75) is 38.4 Å². The van der Waals surface area contributed by atoms with Gasteiger partial charge in [-0.3, -0.25) is 0 Å². The first-order valence-electron chi connectivity index (χ1n) is 4.79. The molecule has 1 saturated carbocycles. The van der Waals surface area contributed by atoms with E-state index in [-0.39, 0.29) is 12.1 Å². The van der Waals surface area contributed by atoms with Crippen LogP contribution in [0.25, 0.3) is 0 Å². The number of amides is 2. The average Bonchev–Trinajstić information content (AvgIpc) is 2.49. The largest absolute Gasteiger partial charge is 0.335 e. The zero-order valence-electron chi connectivity index (χ0n) is 8.22. The smallest absolute Gasteiger partial charge is 0.317 e. The second kappa shape index (κ2) is 4.44. The van der Waals surface area contributed by atoms with Crippen LogP contribution in [0.3, 0.4) is 0 Å². The lowest BCUT2D eigenvalue weighted by atomic mass is 10.2. The molecule has 0 aromatic rings. The van der Waals surface area contributed by atoms with E-state index < -0.39 is 6.17 Å². The summed E-state index contributed by atoms with van der Waals surface area (Å²) in [6.45, 7) is 2.59. The van der Waals surface area contributed by atoms with Crippen molar-refractivity contribution in [3.63, 3.8) is 0 Å². The summed E-state index contributed by atoms with van der Waals surface area (Å²) >= 11 is 0. The molecule has 1 aliphatic carbocycles. The summed E-state index contributed by atoms with van der Waals surface area (Å²) in [4.78, 5) is 12.9. The van der Waals surface area contributed by atoms with Gasteiger partial charge in [0.15, 0.2) is 0 Å². The lowest BCUT2D eigenvalue weighted by molar-refractivity contribution is 0.206. The van der Waals surface area contributed by atoms with Crippen LogP contribution in [0.2, 0.25) is 0 Å². The second-order valence-corrected chi connectivity index (χ2v) is 3.57. The molecule has 0 radical (unpaired) electrons. The predicted octanol–water partition coefficient (Wildman–Crippen LogP) is 1.54. The summed E-state index contributed by atoms with van der Waals surface area (Å²) in [5.74, 6) is 0. The molecule has 4 heteroatoms. The average molecular weight is 188 g/mol. The number of nitrogens with zero attached hydrogens (tertiary/aromatic N) is 1. The van der Waals surface area contributed by atoms with Gasteiger partial charge in [0.1, 0.15) is 6.17 Å². The van der Waals surface area contributed by atoms with Gasteiger partial charge in [-0.15, -0.1) is 0 Å². The number of hydrogen-bond acceptors (Lipinski definition) is 1. The lowest BCUT2D eigenvalue weighted by Crippen LogP contribution is -2.42. The summed E-state index contributed by atoms with van der Waals surface area (Å²) in [6, 6.07) is -0.0573. The summed E-state index contributed by atoms with van der Waals surface area (Å²) < 4.78 is 12.7. The zero-order chi connectivity index (χ0) is 9.84. The first-order chi connectivity index (χ1) is 6.13. The van der Waals surface area contributed by atoms with Crippen LogP contribution >= 0.6 is 0 Å². The quantitative estimate of drug-likeness (QED) is 0.700. The van der Waals surface area contributed by atoms with Gasteiger partial charge in [0.2, 0.25) is 0 Å². The Hall–Kier alpha value is -0.800. The molecule has 1 aliphatic rings. The van der Waals surface area contributed by atoms with Crippen molar-refractivity contribution in [3.8, 4) is 0 Å². The molecule has 2 atom stereocenters. The Labute approximate surface area is 78.3 Å². The second-order valence-electron chi connectivity index (χ2n) is 3.57. The molecule has 0 aromatic heterocycles. The number of halogens is 1. The SMILES string of the molecule is CCN(C)C(=O)NC1CCC(F)C1. The summed E-state index contributed by atoms with van der Waals surface area (Å²) in [7, 11) is 1.73. The summed E-state index contributed by atoms with van der Waals surface area (Å²) in [5, 5.41) is 2.81. The highest BCUT2D eigenvalue weighted by Gasteiger charge is 2.25. The van der Waals surface area contributed by atoms with Crippen LogP contribution in [0.1, 0.15) is 26.2 Å². The Morgan fingerprint density at radius 2 is 2.31 bits per heavy atom. The molecule has 1 N–H and O–H groups in total. The van der Waals surface area contributed by atoms with Crippen LogP contribution < -0.4 is 5.32 Å². The maximum absolute atomic E-state index is 12.7.